The highest BCUT2D eigenvalue weighted by atomic mass is 32.2. The topological polar surface area (TPSA) is 51.2 Å². The molecule has 0 saturated heterocycles. The van der Waals surface area contributed by atoms with Gasteiger partial charge in [0, 0.05) is 28.6 Å². The highest BCUT2D eigenvalue weighted by Crippen LogP contribution is 2.37. The summed E-state index contributed by atoms with van der Waals surface area (Å²) >= 11 is 1.64. The molecule has 4 nitrogen and oxygen atoms in total. The van der Waals surface area contributed by atoms with Crippen LogP contribution < -0.4 is 5.32 Å². The lowest BCUT2D eigenvalue weighted by molar-refractivity contribution is 0.0991. The van der Waals surface area contributed by atoms with Crippen molar-refractivity contribution < 1.29 is 9.53 Å². The molecular formula is C17H14N2O2S. The van der Waals surface area contributed by atoms with Gasteiger partial charge in [-0.3, -0.25) is 9.78 Å². The van der Waals surface area contributed by atoms with Gasteiger partial charge < -0.3 is 10.1 Å². The first-order valence-corrected chi connectivity index (χ1v) is 8.03. The first-order chi connectivity index (χ1) is 10.8. The van der Waals surface area contributed by atoms with Crippen molar-refractivity contribution in [2.24, 2.45) is 0 Å². The van der Waals surface area contributed by atoms with Crippen molar-refractivity contribution >= 4 is 34.1 Å². The minimum Gasteiger partial charge on any atom is -0.491 e. The van der Waals surface area contributed by atoms with Gasteiger partial charge in [0.25, 0.3) is 0 Å². The monoisotopic (exact) mass is 310 g/mol. The average Bonchev–Trinajstić information content (AvgIpc) is 3.03. The molecule has 0 bridgehead atoms. The highest BCUT2D eigenvalue weighted by Gasteiger charge is 2.26. The summed E-state index contributed by atoms with van der Waals surface area (Å²) in [5.41, 5.74) is 4.45. The maximum absolute atomic E-state index is 12.5. The van der Waals surface area contributed by atoms with E-state index in [4.69, 9.17) is 4.74 Å². The fourth-order valence-electron chi connectivity index (χ4n) is 2.82. The lowest BCUT2D eigenvalue weighted by Crippen LogP contribution is -2.18. The number of allylic oxidation sites excluding steroid dienone is 2. The molecule has 4 rings (SSSR count). The van der Waals surface area contributed by atoms with Gasteiger partial charge in [-0.25, -0.2) is 0 Å². The van der Waals surface area contributed by atoms with Gasteiger partial charge in [-0.15, -0.1) is 0 Å². The standard InChI is InChI=1S/C17H14N2O2S/c1-21-15-7-11(9-22-15)13-8-14(20)12-5-4-10-3-2-6-18-16(10)17(12)19-13/h2-7,19H,8-9H2,1H3. The van der Waals surface area contributed by atoms with E-state index in [-0.39, 0.29) is 5.78 Å². The molecule has 0 amide bonds. The van der Waals surface area contributed by atoms with Gasteiger partial charge in [-0.05, 0) is 23.8 Å². The largest absolute Gasteiger partial charge is 0.491 e. The number of ether oxygens (including phenoxy) is 1. The predicted octanol–water partition coefficient (Wildman–Crippen LogP) is 3.72. The second-order valence-electron chi connectivity index (χ2n) is 5.25. The molecule has 0 fully saturated rings. The summed E-state index contributed by atoms with van der Waals surface area (Å²) in [5, 5.41) is 5.36. The third-order valence-corrected chi connectivity index (χ3v) is 4.96. The van der Waals surface area contributed by atoms with E-state index >= 15 is 0 Å². The van der Waals surface area contributed by atoms with Gasteiger partial charge in [-0.1, -0.05) is 23.9 Å². The minimum absolute atomic E-state index is 0.132. The number of methoxy groups -OCH3 is 1. The molecule has 1 aromatic heterocycles. The molecule has 2 aromatic rings. The Morgan fingerprint density at radius 2 is 2.23 bits per heavy atom. The van der Waals surface area contributed by atoms with E-state index in [9.17, 15) is 4.79 Å². The summed E-state index contributed by atoms with van der Waals surface area (Å²) in [4.78, 5) is 16.9. The smallest absolute Gasteiger partial charge is 0.170 e. The van der Waals surface area contributed by atoms with Crippen molar-refractivity contribution in [2.75, 3.05) is 18.2 Å². The molecule has 0 saturated carbocycles. The number of hydrogen-bond donors (Lipinski definition) is 1. The molecular weight excluding hydrogens is 296 g/mol. The van der Waals surface area contributed by atoms with Crippen molar-refractivity contribution in [3.8, 4) is 0 Å². The fourth-order valence-corrected chi connectivity index (χ4v) is 3.71. The van der Waals surface area contributed by atoms with Crippen molar-refractivity contribution in [1.29, 1.82) is 0 Å². The number of fused-ring (bicyclic) bond motifs is 3. The van der Waals surface area contributed by atoms with Crippen LogP contribution in [0.15, 0.2) is 52.9 Å². The number of pyridine rings is 1. The Bertz CT molecular complexity index is 855. The van der Waals surface area contributed by atoms with E-state index in [1.807, 2.05) is 30.3 Å². The van der Waals surface area contributed by atoms with Crippen molar-refractivity contribution in [2.45, 2.75) is 6.42 Å². The van der Waals surface area contributed by atoms with Gasteiger partial charge in [0.15, 0.2) is 10.9 Å². The van der Waals surface area contributed by atoms with Crippen LogP contribution in [0.5, 0.6) is 0 Å². The van der Waals surface area contributed by atoms with E-state index in [1.54, 1.807) is 25.1 Å². The van der Waals surface area contributed by atoms with Crippen LogP contribution in [0.25, 0.3) is 10.9 Å². The molecule has 22 heavy (non-hydrogen) atoms. The maximum atomic E-state index is 12.5. The van der Waals surface area contributed by atoms with Gasteiger partial charge >= 0.3 is 0 Å². The lowest BCUT2D eigenvalue weighted by atomic mass is 9.95. The summed E-state index contributed by atoms with van der Waals surface area (Å²) < 4.78 is 5.26. The van der Waals surface area contributed by atoms with Gasteiger partial charge in [0.05, 0.1) is 24.7 Å². The molecule has 2 aliphatic heterocycles. The zero-order chi connectivity index (χ0) is 15.1. The normalized spacial score (nSPS) is 20.6. The van der Waals surface area contributed by atoms with E-state index in [2.05, 4.69) is 10.3 Å². The van der Waals surface area contributed by atoms with Crippen LogP contribution in [0.4, 0.5) is 5.69 Å². The van der Waals surface area contributed by atoms with Crippen LogP contribution in [0, 0.1) is 0 Å². The SMILES string of the molecule is COC1=CC(=C2CC(=O)c3ccc4cccnc4c3N2)CS1. The highest BCUT2D eigenvalue weighted by molar-refractivity contribution is 8.03. The maximum Gasteiger partial charge on any atom is 0.170 e. The number of thioether (sulfide) groups is 1. The van der Waals surface area contributed by atoms with Gasteiger partial charge in [0.1, 0.15) is 0 Å². The molecule has 0 spiro atoms. The quantitative estimate of drug-likeness (QED) is 0.870. The molecule has 110 valence electrons. The van der Waals surface area contributed by atoms with Crippen LogP contribution in [0.2, 0.25) is 0 Å². The second kappa shape index (κ2) is 5.18. The first kappa shape index (κ1) is 13.4. The van der Waals surface area contributed by atoms with Crippen LogP contribution in [-0.4, -0.2) is 23.6 Å². The molecule has 0 aliphatic carbocycles. The lowest BCUT2D eigenvalue weighted by Gasteiger charge is -2.22. The number of nitrogens with zero attached hydrogens (tertiary/aromatic N) is 1. The minimum atomic E-state index is 0.132. The summed E-state index contributed by atoms with van der Waals surface area (Å²) in [6.07, 6.45) is 4.16. The number of ketones is 1. The molecule has 0 radical (unpaired) electrons. The molecule has 2 aliphatic rings. The summed E-state index contributed by atoms with van der Waals surface area (Å²) in [7, 11) is 1.67. The summed E-state index contributed by atoms with van der Waals surface area (Å²) in [6.45, 7) is 0. The van der Waals surface area contributed by atoms with Crippen molar-refractivity contribution in [3.63, 3.8) is 0 Å². The molecule has 0 unspecified atom stereocenters. The number of aromatic nitrogens is 1. The number of hydrogen-bond acceptors (Lipinski definition) is 5. The Morgan fingerprint density at radius 1 is 1.32 bits per heavy atom. The number of carbonyl (C=O) groups is 1. The molecule has 1 N–H and O–H groups in total. The number of rotatable bonds is 1. The first-order valence-electron chi connectivity index (χ1n) is 7.05. The molecule has 0 atom stereocenters. The predicted molar refractivity (Wildman–Crippen MR) is 88.9 cm³/mol. The van der Waals surface area contributed by atoms with Crippen LogP contribution >= 0.6 is 11.8 Å². The third kappa shape index (κ3) is 2.09. The van der Waals surface area contributed by atoms with E-state index in [0.29, 0.717) is 6.42 Å². The number of benzene rings is 1. The average molecular weight is 310 g/mol. The number of anilines is 1. The van der Waals surface area contributed by atoms with Crippen LogP contribution in [-0.2, 0) is 4.74 Å². The van der Waals surface area contributed by atoms with E-state index in [1.165, 1.54) is 0 Å². The Morgan fingerprint density at radius 3 is 3.05 bits per heavy atom. The van der Waals surface area contributed by atoms with Crippen molar-refractivity contribution in [1.82, 2.24) is 4.98 Å². The van der Waals surface area contributed by atoms with E-state index in [0.717, 1.165) is 44.3 Å². The van der Waals surface area contributed by atoms with Crippen molar-refractivity contribution in [3.05, 3.63) is 58.5 Å². The van der Waals surface area contributed by atoms with Crippen LogP contribution in [0.3, 0.4) is 0 Å². The molecule has 5 heteroatoms. The number of carbonyl (C=O) groups excluding carboxylic acids is 1. The molecule has 3 heterocycles. The Balaban J connectivity index is 1.86. The molecule has 1 aromatic carbocycles. The fraction of sp³-hybridized carbons (Fsp3) is 0.176. The zero-order valence-corrected chi connectivity index (χ0v) is 12.9. The van der Waals surface area contributed by atoms with E-state index < -0.39 is 0 Å². The van der Waals surface area contributed by atoms with Gasteiger partial charge in [0.2, 0.25) is 0 Å². The second-order valence-corrected chi connectivity index (χ2v) is 6.23. The number of Topliss-reactive ketones (excluding diaryl/α,β-unsaturated/α-hetero) is 1. The van der Waals surface area contributed by atoms with Crippen LogP contribution in [0.1, 0.15) is 16.8 Å². The zero-order valence-electron chi connectivity index (χ0n) is 12.1. The number of nitrogens with one attached hydrogen (secondary N) is 1. The Kier molecular flexibility index (Phi) is 3.15. The Labute approximate surface area is 132 Å². The third-order valence-electron chi connectivity index (χ3n) is 3.94. The summed E-state index contributed by atoms with van der Waals surface area (Å²) in [5.74, 6) is 0.958. The van der Waals surface area contributed by atoms with Gasteiger partial charge in [-0.2, -0.15) is 0 Å². The summed E-state index contributed by atoms with van der Waals surface area (Å²) in [6, 6.07) is 7.74. The Hall–Kier alpha value is -2.27.